The lowest BCUT2D eigenvalue weighted by Gasteiger charge is -2.09. The Hall–Kier alpha value is -3.35. The van der Waals surface area contributed by atoms with E-state index in [4.69, 9.17) is 33.0 Å². The lowest BCUT2D eigenvalue weighted by molar-refractivity contribution is -0.121. The lowest BCUT2D eigenvalue weighted by atomic mass is 10.1. The zero-order chi connectivity index (χ0) is 24.1. The first-order valence-electron chi connectivity index (χ1n) is 10.6. The summed E-state index contributed by atoms with van der Waals surface area (Å²) in [5, 5.41) is 8.61. The van der Waals surface area contributed by atoms with Gasteiger partial charge in [0, 0.05) is 35.0 Å². The summed E-state index contributed by atoms with van der Waals surface area (Å²) in [7, 11) is 1.60. The fourth-order valence-electron chi connectivity index (χ4n) is 3.51. The highest BCUT2D eigenvalue weighted by Crippen LogP contribution is 2.26. The number of carbonyl (C=O) groups is 1. The molecule has 174 valence electrons. The molecule has 4 aromatic rings. The molecule has 1 heterocycles. The molecular formula is C26H22Cl2FN3O2. The minimum atomic E-state index is -0.332. The molecule has 3 aromatic carbocycles. The van der Waals surface area contributed by atoms with Gasteiger partial charge in [-0.25, -0.2) is 9.07 Å². The molecule has 0 aliphatic heterocycles. The highest BCUT2D eigenvalue weighted by atomic mass is 35.5. The van der Waals surface area contributed by atoms with Crippen LogP contribution in [-0.2, 0) is 17.8 Å². The summed E-state index contributed by atoms with van der Waals surface area (Å²) < 4.78 is 20.9. The van der Waals surface area contributed by atoms with Gasteiger partial charge in [0.15, 0.2) is 0 Å². The van der Waals surface area contributed by atoms with Crippen molar-refractivity contribution in [1.29, 1.82) is 0 Å². The average Bonchev–Trinajstić information content (AvgIpc) is 3.27. The number of ether oxygens (including phenoxy) is 1. The first-order chi connectivity index (χ1) is 16.4. The number of hydrogen-bond donors (Lipinski definition) is 1. The molecule has 34 heavy (non-hydrogen) atoms. The van der Waals surface area contributed by atoms with Crippen LogP contribution in [0, 0.1) is 5.82 Å². The van der Waals surface area contributed by atoms with E-state index in [1.807, 2.05) is 36.4 Å². The Balaban J connectivity index is 1.50. The Bertz CT molecular complexity index is 1310. The van der Waals surface area contributed by atoms with Crippen LogP contribution in [-0.4, -0.2) is 22.8 Å². The van der Waals surface area contributed by atoms with Crippen LogP contribution in [0.3, 0.4) is 0 Å². The number of aryl methyl sites for hydroxylation is 1. The molecule has 1 N–H and O–H groups in total. The van der Waals surface area contributed by atoms with Gasteiger partial charge in [0.2, 0.25) is 5.91 Å². The van der Waals surface area contributed by atoms with E-state index < -0.39 is 0 Å². The van der Waals surface area contributed by atoms with Gasteiger partial charge in [-0.1, -0.05) is 41.4 Å². The average molecular weight is 498 g/mol. The number of halogens is 3. The number of amides is 1. The van der Waals surface area contributed by atoms with Gasteiger partial charge in [0.25, 0.3) is 0 Å². The number of benzene rings is 3. The topological polar surface area (TPSA) is 56.2 Å². The number of rotatable bonds is 8. The molecule has 8 heteroatoms. The van der Waals surface area contributed by atoms with Gasteiger partial charge < -0.3 is 10.1 Å². The summed E-state index contributed by atoms with van der Waals surface area (Å²) in [4.78, 5) is 12.4. The van der Waals surface area contributed by atoms with Crippen molar-refractivity contribution < 1.29 is 13.9 Å². The van der Waals surface area contributed by atoms with E-state index in [1.54, 1.807) is 36.1 Å². The van der Waals surface area contributed by atoms with Crippen LogP contribution in [0.25, 0.3) is 16.9 Å². The number of nitrogens with zero attached hydrogens (tertiary/aromatic N) is 2. The van der Waals surface area contributed by atoms with E-state index in [-0.39, 0.29) is 18.1 Å². The molecule has 4 rings (SSSR count). The standard InChI is InChI=1S/C26H22Cl2FN3O2/c1-34-23-10-8-22(9-11-23)32-25(17-3-2-4-20(29)13-17)15-21(31-32)7-12-26(33)30-16-18-5-6-19(27)14-24(18)28/h2-6,8-11,13-15H,7,12,16H2,1H3,(H,30,33). The summed E-state index contributed by atoms with van der Waals surface area (Å²) in [5.41, 5.74) is 3.73. The maximum absolute atomic E-state index is 13.9. The second kappa shape index (κ2) is 10.7. The molecule has 0 fully saturated rings. The van der Waals surface area contributed by atoms with Crippen molar-refractivity contribution in [3.05, 3.63) is 99.9 Å². The highest BCUT2D eigenvalue weighted by molar-refractivity contribution is 6.35. The van der Waals surface area contributed by atoms with Crippen LogP contribution < -0.4 is 10.1 Å². The molecule has 0 unspecified atom stereocenters. The lowest BCUT2D eigenvalue weighted by Crippen LogP contribution is -2.23. The Morgan fingerprint density at radius 1 is 1.06 bits per heavy atom. The first-order valence-corrected chi connectivity index (χ1v) is 11.4. The SMILES string of the molecule is COc1ccc(-n2nc(CCC(=O)NCc3ccc(Cl)cc3Cl)cc2-c2cccc(F)c2)cc1. The zero-order valence-electron chi connectivity index (χ0n) is 18.4. The molecule has 0 spiro atoms. The normalized spacial score (nSPS) is 10.8. The smallest absolute Gasteiger partial charge is 0.220 e. The van der Waals surface area contributed by atoms with Gasteiger partial charge in [0.05, 0.1) is 24.2 Å². The molecule has 0 bridgehead atoms. The fraction of sp³-hybridized carbons (Fsp3) is 0.154. The van der Waals surface area contributed by atoms with Crippen molar-refractivity contribution >= 4 is 29.1 Å². The van der Waals surface area contributed by atoms with E-state index >= 15 is 0 Å². The Kier molecular flexibility index (Phi) is 7.50. The third-order valence-corrected chi connectivity index (χ3v) is 5.88. The van der Waals surface area contributed by atoms with Crippen LogP contribution in [0.15, 0.2) is 72.8 Å². The summed E-state index contributed by atoms with van der Waals surface area (Å²) >= 11 is 12.1. The molecule has 1 amide bonds. The largest absolute Gasteiger partial charge is 0.497 e. The number of carbonyl (C=O) groups excluding carboxylic acids is 1. The van der Waals surface area contributed by atoms with Crippen LogP contribution >= 0.6 is 23.2 Å². The van der Waals surface area contributed by atoms with Crippen molar-refractivity contribution in [2.24, 2.45) is 0 Å². The van der Waals surface area contributed by atoms with E-state index in [0.29, 0.717) is 28.6 Å². The van der Waals surface area contributed by atoms with Crippen LogP contribution in [0.2, 0.25) is 10.0 Å². The Labute approximate surface area is 207 Å². The second-order valence-electron chi connectivity index (χ2n) is 7.65. The molecule has 0 atom stereocenters. The zero-order valence-corrected chi connectivity index (χ0v) is 19.9. The maximum atomic E-state index is 13.9. The van der Waals surface area contributed by atoms with Gasteiger partial charge >= 0.3 is 0 Å². The summed E-state index contributed by atoms with van der Waals surface area (Å²) in [6, 6.07) is 20.8. The molecule has 1 aromatic heterocycles. The van der Waals surface area contributed by atoms with Crippen LogP contribution in [0.5, 0.6) is 5.75 Å². The molecule has 0 radical (unpaired) electrons. The van der Waals surface area contributed by atoms with E-state index in [2.05, 4.69) is 5.32 Å². The monoisotopic (exact) mass is 497 g/mol. The summed E-state index contributed by atoms with van der Waals surface area (Å²) in [6.07, 6.45) is 0.666. The third kappa shape index (κ3) is 5.76. The van der Waals surface area contributed by atoms with E-state index in [9.17, 15) is 9.18 Å². The number of hydrogen-bond acceptors (Lipinski definition) is 3. The van der Waals surface area contributed by atoms with Gasteiger partial charge in [0.1, 0.15) is 11.6 Å². The summed E-state index contributed by atoms with van der Waals surface area (Å²) in [6.45, 7) is 0.309. The minimum absolute atomic E-state index is 0.127. The number of nitrogens with one attached hydrogen (secondary N) is 1. The van der Waals surface area contributed by atoms with Crippen LogP contribution in [0.1, 0.15) is 17.7 Å². The number of methoxy groups -OCH3 is 1. The summed E-state index contributed by atoms with van der Waals surface area (Å²) in [5.74, 6) is 0.264. The first kappa shape index (κ1) is 23.8. The molecular weight excluding hydrogens is 476 g/mol. The minimum Gasteiger partial charge on any atom is -0.497 e. The molecule has 0 aliphatic rings. The predicted octanol–water partition coefficient (Wildman–Crippen LogP) is 6.24. The Morgan fingerprint density at radius 2 is 1.85 bits per heavy atom. The molecule has 0 aliphatic carbocycles. The van der Waals surface area contributed by atoms with Crippen molar-refractivity contribution in [3.8, 4) is 22.7 Å². The highest BCUT2D eigenvalue weighted by Gasteiger charge is 2.14. The van der Waals surface area contributed by atoms with Gasteiger partial charge in [-0.2, -0.15) is 5.10 Å². The molecule has 0 saturated heterocycles. The van der Waals surface area contributed by atoms with Crippen molar-refractivity contribution in [1.82, 2.24) is 15.1 Å². The van der Waals surface area contributed by atoms with Gasteiger partial charge in [-0.3, -0.25) is 4.79 Å². The quantitative estimate of drug-likeness (QED) is 0.313. The van der Waals surface area contributed by atoms with Crippen molar-refractivity contribution in [2.45, 2.75) is 19.4 Å². The van der Waals surface area contributed by atoms with E-state index in [1.165, 1.54) is 12.1 Å². The van der Waals surface area contributed by atoms with Gasteiger partial charge in [-0.15, -0.1) is 0 Å². The number of aromatic nitrogens is 2. The third-order valence-electron chi connectivity index (χ3n) is 5.30. The molecule has 5 nitrogen and oxygen atoms in total. The van der Waals surface area contributed by atoms with Crippen molar-refractivity contribution in [2.75, 3.05) is 7.11 Å². The Morgan fingerprint density at radius 3 is 2.56 bits per heavy atom. The maximum Gasteiger partial charge on any atom is 0.220 e. The van der Waals surface area contributed by atoms with Crippen molar-refractivity contribution in [3.63, 3.8) is 0 Å². The predicted molar refractivity (Wildman–Crippen MR) is 132 cm³/mol. The van der Waals surface area contributed by atoms with E-state index in [0.717, 1.165) is 28.4 Å². The van der Waals surface area contributed by atoms with Crippen LogP contribution in [0.4, 0.5) is 4.39 Å². The van der Waals surface area contributed by atoms with Gasteiger partial charge in [-0.05, 0) is 60.2 Å². The fourth-order valence-corrected chi connectivity index (χ4v) is 3.99. The molecule has 0 saturated carbocycles. The second-order valence-corrected chi connectivity index (χ2v) is 8.50.